The van der Waals surface area contributed by atoms with E-state index in [-0.39, 0.29) is 6.10 Å². The number of aliphatic hydroxyl groups excluding tert-OH is 1. The molecule has 0 aromatic rings. The van der Waals surface area contributed by atoms with E-state index >= 15 is 0 Å². The SMILES string of the molecule is CCC(CCC(C)C1CCC2(C)C3CC=C4CC(O)CCC4C3CCC12C)C(C)C. The van der Waals surface area contributed by atoms with Crippen molar-refractivity contribution in [3.63, 3.8) is 0 Å². The highest BCUT2D eigenvalue weighted by atomic mass is 16.3. The average Bonchev–Trinajstić information content (AvgIpc) is 2.99. The van der Waals surface area contributed by atoms with E-state index in [1.165, 1.54) is 57.8 Å². The third kappa shape index (κ3) is 3.64. The molecule has 1 N–H and O–H groups in total. The van der Waals surface area contributed by atoms with Gasteiger partial charge in [-0.25, -0.2) is 0 Å². The molecule has 1 heteroatoms. The van der Waals surface area contributed by atoms with Crippen LogP contribution >= 0.6 is 0 Å². The fourth-order valence-corrected chi connectivity index (χ4v) is 9.30. The topological polar surface area (TPSA) is 20.2 Å². The van der Waals surface area contributed by atoms with Crippen LogP contribution in [0, 0.1) is 52.3 Å². The van der Waals surface area contributed by atoms with Gasteiger partial charge in [0, 0.05) is 0 Å². The second-order valence-electron chi connectivity index (χ2n) is 12.8. The lowest BCUT2D eigenvalue weighted by Gasteiger charge is -2.60. The van der Waals surface area contributed by atoms with E-state index in [0.29, 0.717) is 10.8 Å². The second-order valence-corrected chi connectivity index (χ2v) is 12.8. The van der Waals surface area contributed by atoms with Crippen molar-refractivity contribution >= 4 is 0 Å². The summed E-state index contributed by atoms with van der Waals surface area (Å²) in [6.07, 6.45) is 17.1. The number of hydrogen-bond acceptors (Lipinski definition) is 1. The minimum atomic E-state index is -0.0667. The lowest BCUT2D eigenvalue weighted by Crippen LogP contribution is -2.53. The van der Waals surface area contributed by atoms with Gasteiger partial charge in [-0.2, -0.15) is 0 Å². The van der Waals surface area contributed by atoms with Crippen LogP contribution in [0.4, 0.5) is 0 Å². The standard InChI is InChI=1S/C29H50O/c1-7-21(19(2)3)9-8-20(4)26-15-17-29(6)27-13-10-22-18-23(30)11-12-24(22)25(27)14-16-28(26,29)5/h10,19-21,23-27,30H,7-9,11-18H2,1-6H3. The molecule has 0 amide bonds. The highest BCUT2D eigenvalue weighted by Crippen LogP contribution is 2.71. The summed E-state index contributed by atoms with van der Waals surface area (Å²) < 4.78 is 0. The van der Waals surface area contributed by atoms with E-state index in [0.717, 1.165) is 54.3 Å². The van der Waals surface area contributed by atoms with Gasteiger partial charge in [0.05, 0.1) is 6.10 Å². The van der Waals surface area contributed by atoms with Crippen molar-refractivity contribution < 1.29 is 5.11 Å². The van der Waals surface area contributed by atoms with Gasteiger partial charge in [0.1, 0.15) is 0 Å². The van der Waals surface area contributed by atoms with Gasteiger partial charge in [-0.3, -0.25) is 0 Å². The molecule has 9 atom stereocenters. The van der Waals surface area contributed by atoms with Crippen molar-refractivity contribution in [2.75, 3.05) is 0 Å². The highest BCUT2D eigenvalue weighted by molar-refractivity contribution is 5.22. The molecule has 4 rings (SSSR count). The first-order chi connectivity index (χ1) is 14.2. The molecule has 30 heavy (non-hydrogen) atoms. The summed E-state index contributed by atoms with van der Waals surface area (Å²) in [5, 5.41) is 10.2. The average molecular weight is 415 g/mol. The molecule has 3 saturated carbocycles. The fraction of sp³-hybridized carbons (Fsp3) is 0.931. The monoisotopic (exact) mass is 414 g/mol. The molecule has 0 spiro atoms. The third-order valence-electron chi connectivity index (χ3n) is 11.5. The van der Waals surface area contributed by atoms with Crippen LogP contribution in [0.15, 0.2) is 11.6 Å². The molecule has 1 nitrogen and oxygen atoms in total. The molecule has 0 aromatic carbocycles. The van der Waals surface area contributed by atoms with E-state index < -0.39 is 0 Å². The lowest BCUT2D eigenvalue weighted by atomic mass is 9.45. The first kappa shape index (κ1) is 22.9. The smallest absolute Gasteiger partial charge is 0.0577 e. The maximum Gasteiger partial charge on any atom is 0.0577 e. The van der Waals surface area contributed by atoms with Crippen LogP contribution in [-0.2, 0) is 0 Å². The molecule has 0 aliphatic heterocycles. The summed E-state index contributed by atoms with van der Waals surface area (Å²) >= 11 is 0. The van der Waals surface area contributed by atoms with Crippen LogP contribution in [0.1, 0.15) is 112 Å². The van der Waals surface area contributed by atoms with Gasteiger partial charge in [0.25, 0.3) is 0 Å². The summed E-state index contributed by atoms with van der Waals surface area (Å²) in [4.78, 5) is 0. The summed E-state index contributed by atoms with van der Waals surface area (Å²) in [6, 6.07) is 0. The van der Waals surface area contributed by atoms with Crippen molar-refractivity contribution in [2.24, 2.45) is 52.3 Å². The number of allylic oxidation sites excluding steroid dienone is 1. The first-order valence-corrected chi connectivity index (χ1v) is 13.6. The Labute approximate surface area is 187 Å². The third-order valence-corrected chi connectivity index (χ3v) is 11.5. The molecule has 0 radical (unpaired) electrons. The Bertz CT molecular complexity index is 634. The predicted octanol–water partition coefficient (Wildman–Crippen LogP) is 8.02. The van der Waals surface area contributed by atoms with Crippen molar-refractivity contribution in [3.05, 3.63) is 11.6 Å². The maximum atomic E-state index is 10.2. The van der Waals surface area contributed by atoms with Gasteiger partial charge in [0.2, 0.25) is 0 Å². The summed E-state index contributed by atoms with van der Waals surface area (Å²) in [5.74, 6) is 6.12. The van der Waals surface area contributed by atoms with Crippen molar-refractivity contribution in [2.45, 2.75) is 118 Å². The molecule has 0 bridgehead atoms. The molecule has 4 aliphatic rings. The molecular formula is C29H50O. The zero-order chi connectivity index (χ0) is 21.7. The van der Waals surface area contributed by atoms with E-state index in [1.807, 2.05) is 0 Å². The summed E-state index contributed by atoms with van der Waals surface area (Å²) in [6.45, 7) is 15.2. The van der Waals surface area contributed by atoms with Gasteiger partial charge >= 0.3 is 0 Å². The minimum Gasteiger partial charge on any atom is -0.393 e. The Morgan fingerprint density at radius 2 is 1.73 bits per heavy atom. The van der Waals surface area contributed by atoms with E-state index in [1.54, 1.807) is 5.57 Å². The van der Waals surface area contributed by atoms with E-state index in [4.69, 9.17) is 0 Å². The Morgan fingerprint density at radius 3 is 2.43 bits per heavy atom. The van der Waals surface area contributed by atoms with Crippen LogP contribution in [0.3, 0.4) is 0 Å². The second kappa shape index (κ2) is 8.57. The van der Waals surface area contributed by atoms with Gasteiger partial charge in [-0.05, 0) is 110 Å². The largest absolute Gasteiger partial charge is 0.393 e. The van der Waals surface area contributed by atoms with Gasteiger partial charge in [-0.15, -0.1) is 0 Å². The van der Waals surface area contributed by atoms with Gasteiger partial charge < -0.3 is 5.11 Å². The van der Waals surface area contributed by atoms with Crippen LogP contribution in [0.25, 0.3) is 0 Å². The zero-order valence-corrected chi connectivity index (χ0v) is 20.9. The normalized spacial score (nSPS) is 45.3. The quantitative estimate of drug-likeness (QED) is 0.436. The van der Waals surface area contributed by atoms with Crippen LogP contribution in [0.5, 0.6) is 0 Å². The number of hydrogen-bond donors (Lipinski definition) is 1. The Morgan fingerprint density at radius 1 is 1.00 bits per heavy atom. The molecule has 3 fully saturated rings. The van der Waals surface area contributed by atoms with Crippen molar-refractivity contribution in [3.8, 4) is 0 Å². The van der Waals surface area contributed by atoms with E-state index in [9.17, 15) is 5.11 Å². The molecule has 0 aromatic heterocycles. The molecule has 172 valence electrons. The van der Waals surface area contributed by atoms with Crippen LogP contribution in [0.2, 0.25) is 0 Å². The molecule has 0 heterocycles. The minimum absolute atomic E-state index is 0.0667. The highest BCUT2D eigenvalue weighted by Gasteiger charge is 2.63. The fourth-order valence-electron chi connectivity index (χ4n) is 9.30. The Hall–Kier alpha value is -0.300. The molecule has 0 saturated heterocycles. The van der Waals surface area contributed by atoms with Gasteiger partial charge in [-0.1, -0.05) is 66.0 Å². The predicted molar refractivity (Wildman–Crippen MR) is 128 cm³/mol. The van der Waals surface area contributed by atoms with Crippen LogP contribution < -0.4 is 0 Å². The zero-order valence-electron chi connectivity index (χ0n) is 20.9. The summed E-state index contributed by atoms with van der Waals surface area (Å²) in [7, 11) is 0. The Kier molecular flexibility index (Phi) is 6.53. The Balaban J connectivity index is 1.49. The molecule has 9 unspecified atom stereocenters. The van der Waals surface area contributed by atoms with Crippen molar-refractivity contribution in [1.82, 2.24) is 0 Å². The maximum absolute atomic E-state index is 10.2. The summed E-state index contributed by atoms with van der Waals surface area (Å²) in [5.41, 5.74) is 2.69. The van der Waals surface area contributed by atoms with E-state index in [2.05, 4.69) is 47.6 Å². The van der Waals surface area contributed by atoms with Crippen LogP contribution in [-0.4, -0.2) is 11.2 Å². The number of fused-ring (bicyclic) bond motifs is 5. The van der Waals surface area contributed by atoms with Gasteiger partial charge in [0.15, 0.2) is 0 Å². The lowest BCUT2D eigenvalue weighted by molar-refractivity contribution is -0.0948. The molecule has 4 aliphatic carbocycles. The van der Waals surface area contributed by atoms with Crippen molar-refractivity contribution in [1.29, 1.82) is 0 Å². The molecular weight excluding hydrogens is 364 g/mol. The number of rotatable bonds is 6. The first-order valence-electron chi connectivity index (χ1n) is 13.6. The number of aliphatic hydroxyl groups is 1.